The number of halogens is 2. The van der Waals surface area contributed by atoms with Gasteiger partial charge in [0.05, 0.1) is 5.39 Å². The van der Waals surface area contributed by atoms with Crippen molar-refractivity contribution < 1.29 is 23.4 Å². The molecule has 2 heterocycles. The molecule has 1 unspecified atom stereocenters. The lowest BCUT2D eigenvalue weighted by Gasteiger charge is -2.09. The Kier molecular flexibility index (Phi) is 2.16. The third-order valence-corrected chi connectivity index (χ3v) is 3.08. The minimum Gasteiger partial charge on any atom is -0.477 e. The van der Waals surface area contributed by atoms with Gasteiger partial charge in [-0.05, 0) is 13.0 Å². The lowest BCUT2D eigenvalue weighted by atomic mass is 10.1. The standard InChI is InChI=1S/C12H7F2NO4/c1-4-15-3-6(12(17)18)10(16)5-2-7(13)8(14)11(19-4)9(5)15/h2-4H,1H3,(H,17,18). The smallest absolute Gasteiger partial charge is 0.341 e. The highest BCUT2D eigenvalue weighted by Gasteiger charge is 2.30. The summed E-state index contributed by atoms with van der Waals surface area (Å²) in [7, 11) is 0. The first-order valence-electron chi connectivity index (χ1n) is 5.38. The Labute approximate surface area is 104 Å². The van der Waals surface area contributed by atoms with Crippen LogP contribution >= 0.6 is 0 Å². The fourth-order valence-electron chi connectivity index (χ4n) is 2.20. The fourth-order valence-corrected chi connectivity index (χ4v) is 2.20. The van der Waals surface area contributed by atoms with Gasteiger partial charge in [-0.3, -0.25) is 4.79 Å². The molecule has 0 fully saturated rings. The van der Waals surface area contributed by atoms with Crippen molar-refractivity contribution in [3.05, 3.63) is 39.7 Å². The molecule has 5 nitrogen and oxygen atoms in total. The second-order valence-corrected chi connectivity index (χ2v) is 4.20. The van der Waals surface area contributed by atoms with Crippen LogP contribution in [0.5, 0.6) is 5.75 Å². The molecule has 1 aromatic carbocycles. The Morgan fingerprint density at radius 2 is 2.16 bits per heavy atom. The van der Waals surface area contributed by atoms with Crippen LogP contribution < -0.4 is 10.2 Å². The summed E-state index contributed by atoms with van der Waals surface area (Å²) < 4.78 is 33.5. The summed E-state index contributed by atoms with van der Waals surface area (Å²) in [6, 6.07) is 0.695. The number of nitrogens with zero attached hydrogens (tertiary/aromatic N) is 1. The molecular formula is C12H7F2NO4. The number of carboxylic acids is 1. The van der Waals surface area contributed by atoms with Gasteiger partial charge in [0.15, 0.2) is 17.8 Å². The minimum atomic E-state index is -1.43. The highest BCUT2D eigenvalue weighted by atomic mass is 19.2. The zero-order chi connectivity index (χ0) is 13.9. The Hall–Kier alpha value is -2.44. The zero-order valence-corrected chi connectivity index (χ0v) is 9.61. The van der Waals surface area contributed by atoms with Gasteiger partial charge in [-0.2, -0.15) is 4.39 Å². The zero-order valence-electron chi connectivity index (χ0n) is 9.61. The van der Waals surface area contributed by atoms with E-state index in [0.29, 0.717) is 6.07 Å². The summed E-state index contributed by atoms with van der Waals surface area (Å²) in [4.78, 5) is 22.9. The van der Waals surface area contributed by atoms with Gasteiger partial charge in [0.2, 0.25) is 11.2 Å². The van der Waals surface area contributed by atoms with E-state index in [1.54, 1.807) is 0 Å². The second-order valence-electron chi connectivity index (χ2n) is 4.20. The molecule has 1 atom stereocenters. The molecule has 1 aliphatic rings. The minimum absolute atomic E-state index is 0.0707. The van der Waals surface area contributed by atoms with Crippen LogP contribution in [0.3, 0.4) is 0 Å². The summed E-state index contributed by atoms with van der Waals surface area (Å²) in [5.74, 6) is -4.23. The number of aromatic nitrogens is 1. The molecule has 1 aromatic heterocycles. The highest BCUT2D eigenvalue weighted by molar-refractivity contribution is 5.95. The lowest BCUT2D eigenvalue weighted by molar-refractivity contribution is 0.0694. The average molecular weight is 267 g/mol. The maximum Gasteiger partial charge on any atom is 0.341 e. The van der Waals surface area contributed by atoms with E-state index < -0.39 is 34.8 Å². The third-order valence-electron chi connectivity index (χ3n) is 3.08. The molecular weight excluding hydrogens is 260 g/mol. The SMILES string of the molecule is CC1Oc2c(F)c(F)cc3c(=O)c(C(=O)O)cn1c23. The van der Waals surface area contributed by atoms with E-state index in [1.807, 2.05) is 0 Å². The van der Waals surface area contributed by atoms with Crippen molar-refractivity contribution in [3.8, 4) is 5.75 Å². The molecule has 19 heavy (non-hydrogen) atoms. The number of rotatable bonds is 1. The number of ether oxygens (including phenoxy) is 1. The summed E-state index contributed by atoms with van der Waals surface area (Å²) in [6.07, 6.45) is 0.360. The number of aromatic carboxylic acids is 1. The van der Waals surface area contributed by atoms with Gasteiger partial charge in [-0.15, -0.1) is 0 Å². The van der Waals surface area contributed by atoms with Gasteiger partial charge < -0.3 is 14.4 Å². The maximum absolute atomic E-state index is 13.6. The van der Waals surface area contributed by atoms with E-state index in [4.69, 9.17) is 9.84 Å². The van der Waals surface area contributed by atoms with Crippen LogP contribution in [0.4, 0.5) is 8.78 Å². The van der Waals surface area contributed by atoms with E-state index >= 15 is 0 Å². The van der Waals surface area contributed by atoms with Crippen LogP contribution in [-0.4, -0.2) is 15.6 Å². The number of carbonyl (C=O) groups is 1. The first-order valence-corrected chi connectivity index (χ1v) is 5.38. The van der Waals surface area contributed by atoms with E-state index in [1.165, 1.54) is 11.5 Å². The van der Waals surface area contributed by atoms with E-state index in [2.05, 4.69) is 0 Å². The molecule has 1 aliphatic heterocycles. The van der Waals surface area contributed by atoms with Crippen LogP contribution in [-0.2, 0) is 0 Å². The molecule has 7 heteroatoms. The summed E-state index contributed by atoms with van der Waals surface area (Å²) in [5.41, 5.74) is -1.31. The largest absolute Gasteiger partial charge is 0.477 e. The maximum atomic E-state index is 13.6. The Balaban J connectivity index is 2.57. The van der Waals surface area contributed by atoms with Gasteiger partial charge in [0.25, 0.3) is 0 Å². The van der Waals surface area contributed by atoms with Crippen LogP contribution in [0.1, 0.15) is 23.5 Å². The van der Waals surface area contributed by atoms with Crippen LogP contribution in [0, 0.1) is 11.6 Å². The van der Waals surface area contributed by atoms with Crippen molar-refractivity contribution in [1.29, 1.82) is 0 Å². The number of hydrogen-bond acceptors (Lipinski definition) is 3. The van der Waals surface area contributed by atoms with Crippen molar-refractivity contribution in [1.82, 2.24) is 4.57 Å². The topological polar surface area (TPSA) is 68.5 Å². The van der Waals surface area contributed by atoms with Gasteiger partial charge in [-0.1, -0.05) is 0 Å². The molecule has 2 aromatic rings. The molecule has 0 saturated carbocycles. The average Bonchev–Trinajstić information content (AvgIpc) is 2.67. The molecule has 3 rings (SSSR count). The molecule has 0 aliphatic carbocycles. The second kappa shape index (κ2) is 3.53. The van der Waals surface area contributed by atoms with Crippen molar-refractivity contribution in [2.75, 3.05) is 0 Å². The van der Waals surface area contributed by atoms with Crippen LogP contribution in [0.25, 0.3) is 10.9 Å². The molecule has 0 bridgehead atoms. The first-order chi connectivity index (χ1) is 8.91. The summed E-state index contributed by atoms with van der Waals surface area (Å²) in [5, 5.41) is 8.74. The van der Waals surface area contributed by atoms with Crippen molar-refractivity contribution in [2.24, 2.45) is 0 Å². The quantitative estimate of drug-likeness (QED) is 0.856. The predicted molar refractivity (Wildman–Crippen MR) is 60.4 cm³/mol. The Bertz CT molecular complexity index is 797. The highest BCUT2D eigenvalue weighted by Crippen LogP contribution is 2.38. The predicted octanol–water partition coefficient (Wildman–Crippen LogP) is 1.89. The van der Waals surface area contributed by atoms with Crippen molar-refractivity contribution >= 4 is 16.9 Å². The number of pyridine rings is 1. The van der Waals surface area contributed by atoms with Gasteiger partial charge in [0, 0.05) is 6.20 Å². The summed E-state index contributed by atoms with van der Waals surface area (Å²) in [6.45, 7) is 1.53. The van der Waals surface area contributed by atoms with Gasteiger partial charge in [0.1, 0.15) is 11.1 Å². The molecule has 98 valence electrons. The van der Waals surface area contributed by atoms with Crippen molar-refractivity contribution in [2.45, 2.75) is 13.2 Å². The lowest BCUT2D eigenvalue weighted by Crippen LogP contribution is -2.19. The van der Waals surface area contributed by atoms with E-state index in [9.17, 15) is 18.4 Å². The molecule has 0 radical (unpaired) electrons. The monoisotopic (exact) mass is 267 g/mol. The molecule has 0 saturated heterocycles. The third kappa shape index (κ3) is 1.38. The summed E-state index contributed by atoms with van der Waals surface area (Å²) >= 11 is 0. The number of benzene rings is 1. The molecule has 0 amide bonds. The van der Waals surface area contributed by atoms with Crippen LogP contribution in [0.15, 0.2) is 17.1 Å². The van der Waals surface area contributed by atoms with Crippen molar-refractivity contribution in [3.63, 3.8) is 0 Å². The normalized spacial score (nSPS) is 16.7. The number of carboxylic acid groups (broad SMARTS) is 1. The fraction of sp³-hybridized carbons (Fsp3) is 0.167. The van der Waals surface area contributed by atoms with Gasteiger partial charge in [-0.25, -0.2) is 9.18 Å². The van der Waals surface area contributed by atoms with Gasteiger partial charge >= 0.3 is 5.97 Å². The Morgan fingerprint density at radius 1 is 1.47 bits per heavy atom. The van der Waals surface area contributed by atoms with Crippen LogP contribution in [0.2, 0.25) is 0 Å². The first kappa shape index (κ1) is 11.6. The molecule has 1 N–H and O–H groups in total. The van der Waals surface area contributed by atoms with E-state index in [0.717, 1.165) is 6.20 Å². The molecule has 0 spiro atoms. The van der Waals surface area contributed by atoms with E-state index in [-0.39, 0.29) is 16.7 Å². The number of hydrogen-bond donors (Lipinski definition) is 1. The Morgan fingerprint density at radius 3 is 2.79 bits per heavy atom.